The average Bonchev–Trinajstić information content (AvgIpc) is 2.55. The molecule has 0 aliphatic heterocycles. The topological polar surface area (TPSA) is 17.1 Å². The van der Waals surface area contributed by atoms with Crippen molar-refractivity contribution < 1.29 is 4.79 Å². The van der Waals surface area contributed by atoms with Gasteiger partial charge < -0.3 is 4.79 Å². The van der Waals surface area contributed by atoms with E-state index in [1.807, 2.05) is 6.79 Å². The van der Waals surface area contributed by atoms with Crippen molar-refractivity contribution in [3.8, 4) is 0 Å². The lowest BCUT2D eigenvalue weighted by Gasteiger charge is -1.93. The van der Waals surface area contributed by atoms with Crippen molar-refractivity contribution in [2.45, 2.75) is 19.3 Å². The van der Waals surface area contributed by atoms with Crippen LogP contribution in [-0.2, 0) is 17.6 Å². The summed E-state index contributed by atoms with van der Waals surface area (Å²) in [4.78, 5) is 8.00. The molecule has 0 unspecified atom stereocenters. The minimum absolute atomic E-state index is 1.30. The van der Waals surface area contributed by atoms with Crippen LogP contribution in [0.5, 0.6) is 0 Å². The molecule has 58 valence electrons. The van der Waals surface area contributed by atoms with Crippen molar-refractivity contribution in [3.05, 3.63) is 35.4 Å². The Balaban J connectivity index is 0.000000281. The Morgan fingerprint density at radius 2 is 1.45 bits per heavy atom. The molecule has 0 atom stereocenters. The molecule has 0 aromatic heterocycles. The summed E-state index contributed by atoms with van der Waals surface area (Å²) in [7, 11) is 0. The van der Waals surface area contributed by atoms with Crippen molar-refractivity contribution in [1.82, 2.24) is 0 Å². The van der Waals surface area contributed by atoms with Gasteiger partial charge in [0, 0.05) is 0 Å². The van der Waals surface area contributed by atoms with Crippen LogP contribution in [0, 0.1) is 0 Å². The van der Waals surface area contributed by atoms with Crippen LogP contribution in [-0.4, -0.2) is 6.79 Å². The molecule has 1 aromatic carbocycles. The molecule has 0 fully saturated rings. The van der Waals surface area contributed by atoms with Gasteiger partial charge in [0.1, 0.15) is 6.79 Å². The van der Waals surface area contributed by atoms with Gasteiger partial charge in [0.2, 0.25) is 0 Å². The molecular formula is C10H12O. The molecule has 1 aliphatic rings. The molecule has 0 saturated carbocycles. The highest BCUT2D eigenvalue weighted by Crippen LogP contribution is 2.20. The standard InChI is InChI=1S/C9H10.CH2O/c1-2-5-9-7-3-6-8(9)4-1;1-2/h1-2,4-5H,3,6-7H2;1H2. The van der Waals surface area contributed by atoms with Gasteiger partial charge >= 0.3 is 0 Å². The Labute approximate surface area is 67.1 Å². The summed E-state index contributed by atoms with van der Waals surface area (Å²) in [6.45, 7) is 2.00. The van der Waals surface area contributed by atoms with Crippen LogP contribution in [0.4, 0.5) is 0 Å². The molecule has 0 heterocycles. The van der Waals surface area contributed by atoms with Crippen molar-refractivity contribution in [1.29, 1.82) is 0 Å². The highest BCUT2D eigenvalue weighted by atomic mass is 16.1. The number of carbonyl (C=O) groups is 1. The molecule has 0 amide bonds. The van der Waals surface area contributed by atoms with E-state index in [1.165, 1.54) is 19.3 Å². The molecule has 2 rings (SSSR count). The van der Waals surface area contributed by atoms with Gasteiger partial charge in [0.15, 0.2) is 0 Å². The Morgan fingerprint density at radius 1 is 1.00 bits per heavy atom. The maximum atomic E-state index is 8.00. The molecule has 1 aliphatic carbocycles. The molecule has 1 nitrogen and oxygen atoms in total. The number of hydrogen-bond acceptors (Lipinski definition) is 1. The van der Waals surface area contributed by atoms with Gasteiger partial charge in [-0.25, -0.2) is 0 Å². The van der Waals surface area contributed by atoms with E-state index >= 15 is 0 Å². The molecule has 0 bridgehead atoms. The number of hydrogen-bond donors (Lipinski definition) is 0. The quantitative estimate of drug-likeness (QED) is 0.550. The van der Waals surface area contributed by atoms with E-state index in [0.717, 1.165) is 0 Å². The van der Waals surface area contributed by atoms with Crippen LogP contribution in [0.15, 0.2) is 24.3 Å². The minimum atomic E-state index is 1.30. The third kappa shape index (κ3) is 1.67. The Kier molecular flexibility index (Phi) is 2.84. The fourth-order valence-corrected chi connectivity index (χ4v) is 1.51. The summed E-state index contributed by atoms with van der Waals surface area (Å²) >= 11 is 0. The first-order valence-corrected chi connectivity index (χ1v) is 3.82. The number of benzene rings is 1. The Hall–Kier alpha value is -1.11. The highest BCUT2D eigenvalue weighted by Gasteiger charge is 2.07. The summed E-state index contributed by atoms with van der Waals surface area (Å²) in [5.74, 6) is 0. The van der Waals surface area contributed by atoms with Gasteiger partial charge in [-0.1, -0.05) is 24.3 Å². The Morgan fingerprint density at radius 3 is 1.91 bits per heavy atom. The van der Waals surface area contributed by atoms with Gasteiger partial charge in [-0.05, 0) is 30.4 Å². The first kappa shape index (κ1) is 7.99. The zero-order valence-electron chi connectivity index (χ0n) is 6.55. The third-order valence-corrected chi connectivity index (χ3v) is 2.01. The average molecular weight is 148 g/mol. The summed E-state index contributed by atoms with van der Waals surface area (Å²) < 4.78 is 0. The first-order chi connectivity index (χ1) is 5.47. The number of aryl methyl sites for hydroxylation is 2. The van der Waals surface area contributed by atoms with Crippen molar-refractivity contribution in [2.75, 3.05) is 0 Å². The zero-order valence-corrected chi connectivity index (χ0v) is 6.55. The van der Waals surface area contributed by atoms with E-state index < -0.39 is 0 Å². The SMILES string of the molecule is C=O.c1ccc2c(c1)CCC2. The van der Waals surface area contributed by atoms with Crippen LogP contribution in [0.25, 0.3) is 0 Å². The smallest absolute Gasteiger partial charge is 0.106 e. The zero-order chi connectivity index (χ0) is 8.10. The van der Waals surface area contributed by atoms with Crippen molar-refractivity contribution in [2.24, 2.45) is 0 Å². The van der Waals surface area contributed by atoms with Crippen LogP contribution in [0.2, 0.25) is 0 Å². The molecule has 0 N–H and O–H groups in total. The lowest BCUT2D eigenvalue weighted by molar-refractivity contribution is -0.0979. The first-order valence-electron chi connectivity index (χ1n) is 3.82. The second-order valence-electron chi connectivity index (χ2n) is 2.62. The molecular weight excluding hydrogens is 136 g/mol. The van der Waals surface area contributed by atoms with Crippen LogP contribution < -0.4 is 0 Å². The van der Waals surface area contributed by atoms with E-state index in [0.29, 0.717) is 0 Å². The van der Waals surface area contributed by atoms with E-state index in [-0.39, 0.29) is 0 Å². The predicted molar refractivity (Wildman–Crippen MR) is 45.6 cm³/mol. The molecule has 1 heteroatoms. The second kappa shape index (κ2) is 3.91. The highest BCUT2D eigenvalue weighted by molar-refractivity contribution is 5.30. The van der Waals surface area contributed by atoms with Crippen molar-refractivity contribution >= 4 is 6.79 Å². The molecule has 1 aromatic rings. The van der Waals surface area contributed by atoms with Gasteiger partial charge in [-0.2, -0.15) is 0 Å². The largest absolute Gasteiger partial charge is 0.307 e. The maximum Gasteiger partial charge on any atom is 0.106 e. The fourth-order valence-electron chi connectivity index (χ4n) is 1.51. The predicted octanol–water partition coefficient (Wildman–Crippen LogP) is 1.99. The number of rotatable bonds is 0. The lowest BCUT2D eigenvalue weighted by atomic mass is 10.1. The van der Waals surface area contributed by atoms with E-state index in [4.69, 9.17) is 4.79 Å². The molecule has 0 saturated heterocycles. The lowest BCUT2D eigenvalue weighted by Crippen LogP contribution is -1.77. The Bertz CT molecular complexity index is 207. The van der Waals surface area contributed by atoms with Crippen molar-refractivity contribution in [3.63, 3.8) is 0 Å². The summed E-state index contributed by atoms with van der Waals surface area (Å²) in [5, 5.41) is 0. The van der Waals surface area contributed by atoms with Crippen LogP contribution in [0.1, 0.15) is 17.5 Å². The number of fused-ring (bicyclic) bond motifs is 1. The maximum absolute atomic E-state index is 8.00. The monoisotopic (exact) mass is 148 g/mol. The van der Waals surface area contributed by atoms with Gasteiger partial charge in [-0.15, -0.1) is 0 Å². The normalized spacial score (nSPS) is 13.1. The summed E-state index contributed by atoms with van der Waals surface area (Å²) in [6.07, 6.45) is 3.96. The molecule has 11 heavy (non-hydrogen) atoms. The van der Waals surface area contributed by atoms with Gasteiger partial charge in [-0.3, -0.25) is 0 Å². The molecule has 0 radical (unpaired) electrons. The third-order valence-electron chi connectivity index (χ3n) is 2.01. The minimum Gasteiger partial charge on any atom is -0.307 e. The molecule has 0 spiro atoms. The fraction of sp³-hybridized carbons (Fsp3) is 0.300. The second-order valence-corrected chi connectivity index (χ2v) is 2.62. The number of carbonyl (C=O) groups excluding carboxylic acids is 1. The van der Waals surface area contributed by atoms with E-state index in [2.05, 4.69) is 24.3 Å². The summed E-state index contributed by atoms with van der Waals surface area (Å²) in [5.41, 5.74) is 3.13. The van der Waals surface area contributed by atoms with Crippen LogP contribution >= 0.6 is 0 Å². The van der Waals surface area contributed by atoms with Crippen LogP contribution in [0.3, 0.4) is 0 Å². The van der Waals surface area contributed by atoms with Gasteiger partial charge in [0.25, 0.3) is 0 Å². The van der Waals surface area contributed by atoms with Gasteiger partial charge in [0.05, 0.1) is 0 Å². The van der Waals surface area contributed by atoms with E-state index in [1.54, 1.807) is 11.1 Å². The summed E-state index contributed by atoms with van der Waals surface area (Å²) in [6, 6.07) is 8.74. The van der Waals surface area contributed by atoms with E-state index in [9.17, 15) is 0 Å².